The average Bonchev–Trinajstić information content (AvgIpc) is 3.14. The van der Waals surface area contributed by atoms with E-state index in [0.717, 1.165) is 21.2 Å². The summed E-state index contributed by atoms with van der Waals surface area (Å²) < 4.78 is 6.70. The van der Waals surface area contributed by atoms with Gasteiger partial charge < -0.3 is 4.74 Å². The van der Waals surface area contributed by atoms with Gasteiger partial charge in [0.1, 0.15) is 11.1 Å². The molecule has 0 unspecified atom stereocenters. The molecule has 1 aliphatic rings. The largest absolute Gasteiger partial charge is 0.461 e. The monoisotopic (exact) mass is 452 g/mol. The molecule has 5 heteroatoms. The Labute approximate surface area is 172 Å². The normalized spacial score (nSPS) is 20.3. The zero-order valence-corrected chi connectivity index (χ0v) is 17.6. The molecule has 0 amide bonds. The SMILES string of the molecule is CC1(C)[C@@H](C=C(Cl)Cl)[C@@H]1C(=O)OCc1cc(-c2ccccc2)ccc1Br. The molecule has 3 rings (SSSR count). The first-order valence-electron chi connectivity index (χ1n) is 8.34. The van der Waals surface area contributed by atoms with Crippen LogP contribution in [0, 0.1) is 17.3 Å². The molecule has 0 saturated heterocycles. The van der Waals surface area contributed by atoms with Crippen molar-refractivity contribution >= 4 is 45.1 Å². The predicted octanol–water partition coefficient (Wildman–Crippen LogP) is 6.75. The molecule has 0 heterocycles. The molecule has 0 bridgehead atoms. The Balaban J connectivity index is 1.70. The molecule has 2 aromatic rings. The molecule has 136 valence electrons. The minimum absolute atomic E-state index is 0.0130. The van der Waals surface area contributed by atoms with Crippen molar-refractivity contribution in [3.05, 3.63) is 69.1 Å². The van der Waals surface area contributed by atoms with Gasteiger partial charge in [-0.2, -0.15) is 0 Å². The maximum atomic E-state index is 12.5. The summed E-state index contributed by atoms with van der Waals surface area (Å²) >= 11 is 15.0. The third-order valence-electron chi connectivity index (χ3n) is 4.99. The van der Waals surface area contributed by atoms with Crippen LogP contribution in [-0.4, -0.2) is 5.97 Å². The highest BCUT2D eigenvalue weighted by atomic mass is 79.9. The first kappa shape index (κ1) is 19.5. The van der Waals surface area contributed by atoms with Gasteiger partial charge >= 0.3 is 5.97 Å². The predicted molar refractivity (Wildman–Crippen MR) is 110 cm³/mol. The van der Waals surface area contributed by atoms with Crippen LogP contribution in [0.5, 0.6) is 0 Å². The number of carbonyl (C=O) groups is 1. The fourth-order valence-corrected chi connectivity index (χ4v) is 3.94. The molecule has 2 atom stereocenters. The third kappa shape index (κ3) is 4.16. The second-order valence-electron chi connectivity index (χ2n) is 7.06. The van der Waals surface area contributed by atoms with Crippen molar-refractivity contribution in [2.45, 2.75) is 20.5 Å². The van der Waals surface area contributed by atoms with E-state index < -0.39 is 0 Å². The number of rotatable bonds is 5. The maximum absolute atomic E-state index is 12.5. The Kier molecular flexibility index (Phi) is 5.81. The van der Waals surface area contributed by atoms with Crippen LogP contribution < -0.4 is 0 Å². The van der Waals surface area contributed by atoms with E-state index in [9.17, 15) is 4.79 Å². The summed E-state index contributed by atoms with van der Waals surface area (Å²) in [6, 6.07) is 16.2. The fraction of sp³-hybridized carbons (Fsp3) is 0.286. The van der Waals surface area contributed by atoms with Crippen LogP contribution in [0.1, 0.15) is 19.4 Å². The number of carbonyl (C=O) groups excluding carboxylic acids is 1. The van der Waals surface area contributed by atoms with Crippen molar-refractivity contribution in [3.8, 4) is 11.1 Å². The highest BCUT2D eigenvalue weighted by Crippen LogP contribution is 2.60. The summed E-state index contributed by atoms with van der Waals surface area (Å²) in [7, 11) is 0. The number of benzene rings is 2. The smallest absolute Gasteiger partial charge is 0.310 e. The van der Waals surface area contributed by atoms with Crippen molar-refractivity contribution < 1.29 is 9.53 Å². The number of esters is 1. The van der Waals surface area contributed by atoms with Crippen molar-refractivity contribution in [2.24, 2.45) is 17.3 Å². The topological polar surface area (TPSA) is 26.3 Å². The molecule has 1 aliphatic carbocycles. The molecule has 0 N–H and O–H groups in total. The summed E-state index contributed by atoms with van der Waals surface area (Å²) in [5, 5.41) is 0. The number of ether oxygens (including phenoxy) is 1. The minimum Gasteiger partial charge on any atom is -0.461 e. The van der Waals surface area contributed by atoms with E-state index in [1.807, 2.05) is 50.2 Å². The lowest BCUT2D eigenvalue weighted by atomic mass is 10.0. The van der Waals surface area contributed by atoms with Gasteiger partial charge in [0.2, 0.25) is 0 Å². The maximum Gasteiger partial charge on any atom is 0.310 e. The standard InChI is InChI=1S/C21H19BrCl2O2/c1-21(2)16(11-18(23)24)19(21)20(25)26-12-15-10-14(8-9-17(15)22)13-6-4-3-5-7-13/h3-11,16,19H,12H2,1-2H3/t16-,19+/m0/s1. The molecular weight excluding hydrogens is 435 g/mol. The molecule has 26 heavy (non-hydrogen) atoms. The van der Waals surface area contributed by atoms with Crippen molar-refractivity contribution in [3.63, 3.8) is 0 Å². The average molecular weight is 454 g/mol. The molecule has 0 spiro atoms. The number of halogens is 3. The van der Waals surface area contributed by atoms with E-state index in [4.69, 9.17) is 27.9 Å². The van der Waals surface area contributed by atoms with Crippen LogP contribution in [0.2, 0.25) is 0 Å². The minimum atomic E-state index is -0.220. The molecule has 2 aromatic carbocycles. The lowest BCUT2D eigenvalue weighted by Crippen LogP contribution is -2.11. The van der Waals surface area contributed by atoms with Crippen LogP contribution in [0.25, 0.3) is 11.1 Å². The van der Waals surface area contributed by atoms with Gasteiger partial charge in [0.15, 0.2) is 0 Å². The summed E-state index contributed by atoms with van der Waals surface area (Å²) in [4.78, 5) is 12.5. The Hall–Kier alpha value is -1.29. The van der Waals surface area contributed by atoms with E-state index in [0.29, 0.717) is 0 Å². The quantitative estimate of drug-likeness (QED) is 0.468. The Morgan fingerprint density at radius 2 is 1.85 bits per heavy atom. The first-order chi connectivity index (χ1) is 12.3. The molecule has 1 saturated carbocycles. The molecule has 0 aromatic heterocycles. The molecule has 2 nitrogen and oxygen atoms in total. The van der Waals surface area contributed by atoms with Crippen LogP contribution in [0.3, 0.4) is 0 Å². The van der Waals surface area contributed by atoms with Crippen LogP contribution in [0.4, 0.5) is 0 Å². The highest BCUT2D eigenvalue weighted by Gasteiger charge is 2.61. The first-order valence-corrected chi connectivity index (χ1v) is 9.89. The Bertz CT molecular complexity index is 842. The summed E-state index contributed by atoms with van der Waals surface area (Å²) in [5.74, 6) is -0.423. The summed E-state index contributed by atoms with van der Waals surface area (Å²) in [6.07, 6.45) is 1.72. The molecular formula is C21H19BrCl2O2. The van der Waals surface area contributed by atoms with Gasteiger partial charge in [-0.1, -0.05) is 89.4 Å². The van der Waals surface area contributed by atoms with Gasteiger partial charge in [-0.3, -0.25) is 4.79 Å². The van der Waals surface area contributed by atoms with Crippen LogP contribution in [-0.2, 0) is 16.1 Å². The van der Waals surface area contributed by atoms with Crippen molar-refractivity contribution in [1.29, 1.82) is 0 Å². The van der Waals surface area contributed by atoms with Gasteiger partial charge in [-0.05, 0) is 40.7 Å². The van der Waals surface area contributed by atoms with E-state index >= 15 is 0 Å². The Morgan fingerprint density at radius 1 is 1.15 bits per heavy atom. The van der Waals surface area contributed by atoms with Crippen molar-refractivity contribution in [2.75, 3.05) is 0 Å². The number of hydrogen-bond acceptors (Lipinski definition) is 2. The molecule has 0 radical (unpaired) electrons. The number of hydrogen-bond donors (Lipinski definition) is 0. The highest BCUT2D eigenvalue weighted by molar-refractivity contribution is 9.10. The van der Waals surface area contributed by atoms with Gasteiger partial charge in [0.25, 0.3) is 0 Å². The second-order valence-corrected chi connectivity index (χ2v) is 8.92. The van der Waals surface area contributed by atoms with Gasteiger partial charge in [-0.25, -0.2) is 0 Å². The van der Waals surface area contributed by atoms with Crippen LogP contribution in [0.15, 0.2) is 63.6 Å². The second kappa shape index (κ2) is 7.75. The van der Waals surface area contributed by atoms with E-state index in [2.05, 4.69) is 28.1 Å². The zero-order valence-electron chi connectivity index (χ0n) is 14.5. The number of allylic oxidation sites excluding steroid dienone is 1. The molecule has 1 fully saturated rings. The zero-order chi connectivity index (χ0) is 18.9. The summed E-state index contributed by atoms with van der Waals surface area (Å²) in [6.45, 7) is 4.25. The lowest BCUT2D eigenvalue weighted by molar-refractivity contribution is -0.147. The summed E-state index contributed by atoms with van der Waals surface area (Å²) in [5.41, 5.74) is 2.95. The van der Waals surface area contributed by atoms with Crippen LogP contribution >= 0.6 is 39.1 Å². The van der Waals surface area contributed by atoms with Crippen molar-refractivity contribution in [1.82, 2.24) is 0 Å². The van der Waals surface area contributed by atoms with Gasteiger partial charge in [0.05, 0.1) is 5.92 Å². The molecule has 0 aliphatic heterocycles. The van der Waals surface area contributed by atoms with Gasteiger partial charge in [-0.15, -0.1) is 0 Å². The van der Waals surface area contributed by atoms with E-state index in [-0.39, 0.29) is 34.3 Å². The van der Waals surface area contributed by atoms with E-state index in [1.165, 1.54) is 0 Å². The Morgan fingerprint density at radius 3 is 2.50 bits per heavy atom. The third-order valence-corrected chi connectivity index (χ3v) is 6.02. The lowest BCUT2D eigenvalue weighted by Gasteiger charge is -2.10. The fourth-order valence-electron chi connectivity index (χ4n) is 3.31. The van der Waals surface area contributed by atoms with E-state index in [1.54, 1.807) is 6.08 Å². The van der Waals surface area contributed by atoms with Gasteiger partial charge in [0, 0.05) is 10.0 Å².